The summed E-state index contributed by atoms with van der Waals surface area (Å²) >= 11 is 0. The third kappa shape index (κ3) is 4.90. The number of carbonyl (C=O) groups is 2. The van der Waals surface area contributed by atoms with Crippen LogP contribution in [-0.2, 0) is 22.7 Å². The number of benzene rings is 2. The zero-order valence-corrected chi connectivity index (χ0v) is 15.2. The van der Waals surface area contributed by atoms with E-state index in [9.17, 15) is 18.4 Å². The van der Waals surface area contributed by atoms with Crippen LogP contribution in [0.5, 0.6) is 0 Å². The lowest BCUT2D eigenvalue weighted by atomic mass is 10.1. The molecule has 142 valence electrons. The molecule has 2 amide bonds. The normalized spacial score (nSPS) is 16.6. The molecule has 1 atom stereocenters. The highest BCUT2D eigenvalue weighted by molar-refractivity contribution is 5.82. The highest BCUT2D eigenvalue weighted by Gasteiger charge is 2.32. The van der Waals surface area contributed by atoms with E-state index in [2.05, 4.69) is 5.32 Å². The lowest BCUT2D eigenvalue weighted by Gasteiger charge is -2.24. The second-order valence-electron chi connectivity index (χ2n) is 6.92. The minimum atomic E-state index is -0.688. The quantitative estimate of drug-likeness (QED) is 0.844. The summed E-state index contributed by atoms with van der Waals surface area (Å²) < 4.78 is 26.6. The number of nitrogens with zero attached hydrogens (tertiary/aromatic N) is 1. The zero-order valence-electron chi connectivity index (χ0n) is 15.2. The first-order valence-electron chi connectivity index (χ1n) is 8.98. The van der Waals surface area contributed by atoms with Gasteiger partial charge in [-0.25, -0.2) is 8.78 Å². The monoisotopic (exact) mass is 372 g/mol. The van der Waals surface area contributed by atoms with Crippen molar-refractivity contribution in [2.45, 2.75) is 45.3 Å². The number of hydrogen-bond donors (Lipinski definition) is 1. The van der Waals surface area contributed by atoms with E-state index in [0.29, 0.717) is 19.4 Å². The van der Waals surface area contributed by atoms with Crippen LogP contribution < -0.4 is 5.32 Å². The largest absolute Gasteiger partial charge is 0.352 e. The third-order valence-corrected chi connectivity index (χ3v) is 4.84. The predicted molar refractivity (Wildman–Crippen MR) is 97.6 cm³/mol. The molecule has 1 aliphatic heterocycles. The Labute approximate surface area is 157 Å². The molecule has 1 N–H and O–H groups in total. The fraction of sp³-hybridized carbons (Fsp3) is 0.333. The Morgan fingerprint density at radius 1 is 1.19 bits per heavy atom. The van der Waals surface area contributed by atoms with Gasteiger partial charge in [-0.05, 0) is 25.0 Å². The molecule has 1 heterocycles. The first-order valence-corrected chi connectivity index (χ1v) is 8.98. The van der Waals surface area contributed by atoms with E-state index < -0.39 is 11.6 Å². The number of aryl methyl sites for hydroxylation is 1. The van der Waals surface area contributed by atoms with Gasteiger partial charge in [-0.15, -0.1) is 0 Å². The molecule has 1 fully saturated rings. The van der Waals surface area contributed by atoms with Gasteiger partial charge >= 0.3 is 0 Å². The first-order chi connectivity index (χ1) is 12.9. The van der Waals surface area contributed by atoms with Gasteiger partial charge in [0.15, 0.2) is 0 Å². The predicted octanol–water partition coefficient (Wildman–Crippen LogP) is 3.47. The van der Waals surface area contributed by atoms with E-state index in [0.717, 1.165) is 23.3 Å². The number of likely N-dealkylation sites (tertiary alicyclic amines) is 1. The SMILES string of the molecule is Cc1ccc(CN2C(=O)CCC2CC(=O)NCc2ccc(F)cc2F)cc1. The van der Waals surface area contributed by atoms with E-state index >= 15 is 0 Å². The molecule has 1 aliphatic rings. The summed E-state index contributed by atoms with van der Waals surface area (Å²) in [5.74, 6) is -1.56. The van der Waals surface area contributed by atoms with Crippen molar-refractivity contribution in [3.63, 3.8) is 0 Å². The fourth-order valence-electron chi connectivity index (χ4n) is 3.26. The number of nitrogens with one attached hydrogen (secondary N) is 1. The Morgan fingerprint density at radius 3 is 2.63 bits per heavy atom. The smallest absolute Gasteiger partial charge is 0.223 e. The van der Waals surface area contributed by atoms with Crippen molar-refractivity contribution in [1.82, 2.24) is 10.2 Å². The Bertz CT molecular complexity index is 837. The van der Waals surface area contributed by atoms with Gasteiger partial charge in [0.05, 0.1) is 0 Å². The van der Waals surface area contributed by atoms with Gasteiger partial charge in [0.25, 0.3) is 0 Å². The summed E-state index contributed by atoms with van der Waals surface area (Å²) in [7, 11) is 0. The van der Waals surface area contributed by atoms with Crippen LogP contribution in [-0.4, -0.2) is 22.8 Å². The van der Waals surface area contributed by atoms with Crippen LogP contribution in [0.4, 0.5) is 8.78 Å². The molecule has 0 aliphatic carbocycles. The first kappa shape index (κ1) is 19.0. The molecule has 0 saturated carbocycles. The van der Waals surface area contributed by atoms with Gasteiger partial charge in [-0.2, -0.15) is 0 Å². The van der Waals surface area contributed by atoms with Gasteiger partial charge < -0.3 is 10.2 Å². The molecule has 4 nitrogen and oxygen atoms in total. The Hall–Kier alpha value is -2.76. The average Bonchev–Trinajstić information content (AvgIpc) is 2.96. The van der Waals surface area contributed by atoms with Crippen LogP contribution in [0, 0.1) is 18.6 Å². The minimum absolute atomic E-state index is 0.0103. The van der Waals surface area contributed by atoms with Crippen molar-refractivity contribution in [2.75, 3.05) is 0 Å². The standard InChI is InChI=1S/C21H22F2N2O2/c1-14-2-4-15(5-3-14)13-25-18(8-9-21(25)27)11-20(26)24-12-16-6-7-17(22)10-19(16)23/h2-7,10,18H,8-9,11-13H2,1H3,(H,24,26). The van der Waals surface area contributed by atoms with Gasteiger partial charge in [-0.1, -0.05) is 35.9 Å². The van der Waals surface area contributed by atoms with Crippen LogP contribution in [0.15, 0.2) is 42.5 Å². The summed E-state index contributed by atoms with van der Waals surface area (Å²) in [6, 6.07) is 11.0. The maximum absolute atomic E-state index is 13.6. The van der Waals surface area contributed by atoms with E-state index in [-0.39, 0.29) is 36.4 Å². The van der Waals surface area contributed by atoms with E-state index in [1.807, 2.05) is 31.2 Å². The van der Waals surface area contributed by atoms with Crippen molar-refractivity contribution in [2.24, 2.45) is 0 Å². The van der Waals surface area contributed by atoms with Gasteiger partial charge in [0, 0.05) is 43.6 Å². The third-order valence-electron chi connectivity index (χ3n) is 4.84. The molecular weight excluding hydrogens is 350 g/mol. The molecule has 0 aromatic heterocycles. The number of hydrogen-bond acceptors (Lipinski definition) is 2. The van der Waals surface area contributed by atoms with Crippen molar-refractivity contribution in [1.29, 1.82) is 0 Å². The van der Waals surface area contributed by atoms with Crippen LogP contribution in [0.1, 0.15) is 36.0 Å². The molecule has 3 rings (SSSR count). The molecular formula is C21H22F2N2O2. The fourth-order valence-corrected chi connectivity index (χ4v) is 3.26. The minimum Gasteiger partial charge on any atom is -0.352 e. The summed E-state index contributed by atoms with van der Waals surface area (Å²) in [4.78, 5) is 26.2. The summed E-state index contributed by atoms with van der Waals surface area (Å²) in [6.45, 7) is 2.47. The van der Waals surface area contributed by atoms with Crippen molar-refractivity contribution in [3.05, 3.63) is 70.8 Å². The maximum Gasteiger partial charge on any atom is 0.223 e. The number of carbonyl (C=O) groups excluding carboxylic acids is 2. The molecule has 1 unspecified atom stereocenters. The van der Waals surface area contributed by atoms with E-state index in [1.54, 1.807) is 4.90 Å². The highest BCUT2D eigenvalue weighted by atomic mass is 19.1. The van der Waals surface area contributed by atoms with Crippen LogP contribution >= 0.6 is 0 Å². The van der Waals surface area contributed by atoms with Crippen molar-refractivity contribution >= 4 is 11.8 Å². The molecule has 27 heavy (non-hydrogen) atoms. The van der Waals surface area contributed by atoms with E-state index in [1.165, 1.54) is 6.07 Å². The maximum atomic E-state index is 13.6. The molecule has 2 aromatic carbocycles. The molecule has 1 saturated heterocycles. The lowest BCUT2D eigenvalue weighted by Crippen LogP contribution is -2.37. The Morgan fingerprint density at radius 2 is 1.93 bits per heavy atom. The summed E-state index contributed by atoms with van der Waals surface area (Å²) in [6.07, 6.45) is 1.22. The van der Waals surface area contributed by atoms with Crippen molar-refractivity contribution < 1.29 is 18.4 Å². The Balaban J connectivity index is 1.57. The number of halogens is 2. The zero-order chi connectivity index (χ0) is 19.4. The summed E-state index contributed by atoms with van der Waals surface area (Å²) in [5, 5.41) is 2.65. The lowest BCUT2D eigenvalue weighted by molar-refractivity contribution is -0.130. The second kappa shape index (κ2) is 8.29. The second-order valence-corrected chi connectivity index (χ2v) is 6.92. The van der Waals surface area contributed by atoms with Gasteiger partial charge in [-0.3, -0.25) is 9.59 Å². The topological polar surface area (TPSA) is 49.4 Å². The Kier molecular flexibility index (Phi) is 5.84. The summed E-state index contributed by atoms with van der Waals surface area (Å²) in [5.41, 5.74) is 2.40. The van der Waals surface area contributed by atoms with E-state index in [4.69, 9.17) is 0 Å². The van der Waals surface area contributed by atoms with Gasteiger partial charge in [0.1, 0.15) is 11.6 Å². The van der Waals surface area contributed by atoms with Gasteiger partial charge in [0.2, 0.25) is 11.8 Å². The molecule has 0 radical (unpaired) electrons. The van der Waals surface area contributed by atoms with Crippen LogP contribution in [0.25, 0.3) is 0 Å². The number of amides is 2. The van der Waals surface area contributed by atoms with Crippen molar-refractivity contribution in [3.8, 4) is 0 Å². The number of rotatable bonds is 6. The average molecular weight is 372 g/mol. The van der Waals surface area contributed by atoms with Crippen LogP contribution in [0.2, 0.25) is 0 Å². The molecule has 2 aromatic rings. The molecule has 0 bridgehead atoms. The molecule has 6 heteroatoms. The highest BCUT2D eigenvalue weighted by Crippen LogP contribution is 2.24. The van der Waals surface area contributed by atoms with Crippen LogP contribution in [0.3, 0.4) is 0 Å². The molecule has 0 spiro atoms.